The van der Waals surface area contributed by atoms with Crippen LogP contribution in [-0.2, 0) is 28.9 Å². The quantitative estimate of drug-likeness (QED) is 0.706. The minimum absolute atomic E-state index is 0.276. The van der Waals surface area contributed by atoms with Crippen molar-refractivity contribution in [1.29, 1.82) is 0 Å². The molecule has 0 aromatic rings. The number of amides is 2. The third-order valence-electron chi connectivity index (χ3n) is 1.70. The topological polar surface area (TPSA) is 86.2 Å². The van der Waals surface area contributed by atoms with Gasteiger partial charge < -0.3 is 0 Å². The summed E-state index contributed by atoms with van der Waals surface area (Å²) in [7, 11) is 23.1. The van der Waals surface area contributed by atoms with E-state index in [-0.39, 0.29) is 9.45 Å². The van der Waals surface area contributed by atoms with Gasteiger partial charge in [0.05, 0.1) is 0 Å². The first-order valence-electron chi connectivity index (χ1n) is 3.95. The molecule has 0 spiro atoms. The fourth-order valence-corrected chi connectivity index (χ4v) is 6.55. The zero-order chi connectivity index (χ0) is 12.3. The van der Waals surface area contributed by atoms with E-state index in [9.17, 15) is 9.59 Å². The third kappa shape index (κ3) is 6.13. The van der Waals surface area contributed by atoms with Crippen LogP contribution in [0.25, 0.3) is 0 Å². The van der Waals surface area contributed by atoms with Crippen LogP contribution in [0, 0.1) is 0 Å². The van der Waals surface area contributed by atoms with E-state index < -0.39 is 37.4 Å². The SMILES string of the molecule is N[C](=O)[Ti]([Cl])([Cl])[CH2]C[CH2][Ti]([Cl])([Cl])[C](N)=O. The first-order chi connectivity index (χ1) is 6.59. The van der Waals surface area contributed by atoms with Crippen LogP contribution in [0.4, 0.5) is 9.59 Å². The van der Waals surface area contributed by atoms with Gasteiger partial charge in [-0.1, -0.05) is 0 Å². The number of primary amides is 2. The minimum atomic E-state index is -3.57. The molecule has 0 rings (SSSR count). The Morgan fingerprint density at radius 2 is 1.13 bits per heavy atom. The Hall–Kier alpha value is 1.53. The van der Waals surface area contributed by atoms with E-state index >= 15 is 0 Å². The predicted octanol–water partition coefficient (Wildman–Crippen LogP) is 3.29. The van der Waals surface area contributed by atoms with Gasteiger partial charge >= 0.3 is 112 Å². The molecule has 0 aliphatic rings. The van der Waals surface area contributed by atoms with Gasteiger partial charge in [-0.25, -0.2) is 0 Å². The summed E-state index contributed by atoms with van der Waals surface area (Å²) >= 11 is -7.14. The van der Waals surface area contributed by atoms with E-state index in [2.05, 4.69) is 0 Å². The van der Waals surface area contributed by atoms with E-state index in [1.807, 2.05) is 0 Å². The Kier molecular flexibility index (Phi) is 7.12. The fourth-order valence-electron chi connectivity index (χ4n) is 0.779. The molecular formula is C5H10Cl4N2O2Ti2. The Balaban J connectivity index is 4.11. The first kappa shape index (κ1) is 16.5. The second-order valence-corrected chi connectivity index (χ2v) is 22.7. The van der Waals surface area contributed by atoms with Crippen molar-refractivity contribution in [2.24, 2.45) is 11.5 Å². The van der Waals surface area contributed by atoms with Crippen LogP contribution in [0.2, 0.25) is 9.45 Å². The van der Waals surface area contributed by atoms with Crippen LogP contribution in [0.15, 0.2) is 0 Å². The molecule has 0 saturated carbocycles. The van der Waals surface area contributed by atoms with E-state index in [1.54, 1.807) is 0 Å². The molecule has 0 radical (unpaired) electrons. The second kappa shape index (κ2) is 6.46. The number of carbonyl (C=O) groups is 2. The summed E-state index contributed by atoms with van der Waals surface area (Å²) in [6, 6.07) is 0. The average molecular weight is 368 g/mol. The van der Waals surface area contributed by atoms with Crippen LogP contribution in [0.3, 0.4) is 0 Å². The fraction of sp³-hybridized carbons (Fsp3) is 0.600. The van der Waals surface area contributed by atoms with Gasteiger partial charge in [0.1, 0.15) is 0 Å². The Morgan fingerprint density at radius 1 is 0.867 bits per heavy atom. The molecule has 0 saturated heterocycles. The second-order valence-electron chi connectivity index (χ2n) is 2.99. The number of rotatable bonds is 6. The molecule has 0 unspecified atom stereocenters. The van der Waals surface area contributed by atoms with Crippen LogP contribution in [-0.4, -0.2) is 8.42 Å². The van der Waals surface area contributed by atoms with Crippen LogP contribution in [0.5, 0.6) is 0 Å². The van der Waals surface area contributed by atoms with E-state index in [4.69, 9.17) is 48.7 Å². The molecule has 15 heavy (non-hydrogen) atoms. The van der Waals surface area contributed by atoms with Gasteiger partial charge in [0.2, 0.25) is 0 Å². The first-order valence-corrected chi connectivity index (χ1v) is 16.3. The summed E-state index contributed by atoms with van der Waals surface area (Å²) in [6.45, 7) is 0. The summed E-state index contributed by atoms with van der Waals surface area (Å²) in [4.78, 5) is 21.6. The van der Waals surface area contributed by atoms with E-state index in [0.717, 1.165) is 0 Å². The molecule has 0 aliphatic heterocycles. The van der Waals surface area contributed by atoms with Crippen LogP contribution >= 0.6 is 37.2 Å². The summed E-state index contributed by atoms with van der Waals surface area (Å²) in [5.74, 6) is 0. The van der Waals surface area contributed by atoms with Crippen molar-refractivity contribution < 1.29 is 38.5 Å². The number of halogens is 4. The molecular weight excluding hydrogens is 358 g/mol. The molecule has 0 fully saturated rings. The van der Waals surface area contributed by atoms with Gasteiger partial charge in [0.15, 0.2) is 0 Å². The molecule has 4 nitrogen and oxygen atoms in total. The maximum absolute atomic E-state index is 10.8. The molecule has 88 valence electrons. The average Bonchev–Trinajstić information content (AvgIpc) is 2.02. The summed E-state index contributed by atoms with van der Waals surface area (Å²) in [5.41, 5.74) is 10.0. The Bertz CT molecular complexity index is 248. The molecule has 0 aromatic heterocycles. The van der Waals surface area contributed by atoms with Gasteiger partial charge in [-0.05, 0) is 0 Å². The molecule has 2 amide bonds. The van der Waals surface area contributed by atoms with Crippen molar-refractivity contribution >= 4 is 45.6 Å². The van der Waals surface area contributed by atoms with Crippen molar-refractivity contribution in [1.82, 2.24) is 0 Å². The zero-order valence-corrected chi connectivity index (χ0v) is 13.8. The van der Waals surface area contributed by atoms with Crippen molar-refractivity contribution in [2.45, 2.75) is 15.9 Å². The molecule has 0 bridgehead atoms. The number of carbonyl (C=O) groups excluding carboxylic acids is 2. The molecule has 0 aliphatic carbocycles. The number of nitrogens with two attached hydrogens (primary N) is 2. The molecule has 0 atom stereocenters. The molecule has 0 heterocycles. The summed E-state index contributed by atoms with van der Waals surface area (Å²) < 4.78 is -0.754. The molecule has 10 heteroatoms. The molecule has 0 aromatic carbocycles. The number of hydrogen-bond acceptors (Lipinski definition) is 2. The van der Waals surface area contributed by atoms with Crippen molar-refractivity contribution in [3.05, 3.63) is 0 Å². The van der Waals surface area contributed by atoms with Gasteiger partial charge in [0.25, 0.3) is 0 Å². The zero-order valence-electron chi connectivity index (χ0n) is 7.60. The van der Waals surface area contributed by atoms with Gasteiger partial charge in [0, 0.05) is 0 Å². The van der Waals surface area contributed by atoms with Gasteiger partial charge in [-0.2, -0.15) is 0 Å². The summed E-state index contributed by atoms with van der Waals surface area (Å²) in [6.07, 6.45) is 0.409. The van der Waals surface area contributed by atoms with Crippen molar-refractivity contribution in [3.63, 3.8) is 0 Å². The number of hydrogen-bond donors (Lipinski definition) is 2. The predicted molar refractivity (Wildman–Crippen MR) is 56.8 cm³/mol. The third-order valence-corrected chi connectivity index (χ3v) is 13.2. The van der Waals surface area contributed by atoms with Crippen LogP contribution < -0.4 is 11.5 Å². The van der Waals surface area contributed by atoms with E-state index in [1.165, 1.54) is 0 Å². The monoisotopic (exact) mass is 366 g/mol. The maximum atomic E-state index is 10.8. The van der Waals surface area contributed by atoms with Crippen molar-refractivity contribution in [2.75, 3.05) is 0 Å². The van der Waals surface area contributed by atoms with Gasteiger partial charge in [-0.3, -0.25) is 0 Å². The Morgan fingerprint density at radius 3 is 1.33 bits per heavy atom. The standard InChI is InChI=1S/C3H6.2CH2NO.4ClH.2Ti/c1-3-2;2*2-1-3;;;;;;/h1-3H2;2*(H2,2,3);4*1H;;/q;;;;;;;2*+2/p-4. The van der Waals surface area contributed by atoms with Gasteiger partial charge in [-0.15, -0.1) is 0 Å². The van der Waals surface area contributed by atoms with Crippen molar-refractivity contribution in [3.8, 4) is 0 Å². The summed E-state index contributed by atoms with van der Waals surface area (Å²) in [5, 5.41) is 0. The Labute approximate surface area is 110 Å². The molecule has 4 N–H and O–H groups in total. The normalized spacial score (nSPS) is 12.5. The van der Waals surface area contributed by atoms with E-state index in [0.29, 0.717) is 6.42 Å². The van der Waals surface area contributed by atoms with Crippen LogP contribution in [0.1, 0.15) is 6.42 Å².